The van der Waals surface area contributed by atoms with Gasteiger partial charge in [0.2, 0.25) is 5.91 Å². The number of azo groups is 1. The number of benzene rings is 3. The minimum Gasteiger partial charge on any atom is -0.332 e. The van der Waals surface area contributed by atoms with Crippen LogP contribution in [0.2, 0.25) is 0 Å². The van der Waals surface area contributed by atoms with Crippen molar-refractivity contribution < 1.29 is 4.79 Å². The Bertz CT molecular complexity index is 984. The lowest BCUT2D eigenvalue weighted by atomic mass is 10.2. The van der Waals surface area contributed by atoms with E-state index in [-0.39, 0.29) is 11.0 Å². The summed E-state index contributed by atoms with van der Waals surface area (Å²) in [5.41, 5.74) is 3.19. The Morgan fingerprint density at radius 1 is 0.786 bits per heavy atom. The van der Waals surface area contributed by atoms with Crippen molar-refractivity contribution in [1.82, 2.24) is 5.32 Å². The third-order valence-corrected chi connectivity index (χ3v) is 3.83. The monoisotopic (exact) mass is 386 g/mol. The SMILES string of the molecule is O=C(C=Cc1ccccc1)NC(=S)Nc1ccc(N=Nc2ccccc2)cc1. The molecule has 3 aromatic carbocycles. The summed E-state index contributed by atoms with van der Waals surface area (Å²) in [4.78, 5) is 11.9. The van der Waals surface area contributed by atoms with Gasteiger partial charge in [0.15, 0.2) is 5.11 Å². The number of nitrogens with zero attached hydrogens (tertiary/aromatic N) is 2. The van der Waals surface area contributed by atoms with Gasteiger partial charge in [0.05, 0.1) is 11.4 Å². The summed E-state index contributed by atoms with van der Waals surface area (Å²) in [7, 11) is 0. The van der Waals surface area contributed by atoms with Gasteiger partial charge in [-0.1, -0.05) is 48.5 Å². The van der Waals surface area contributed by atoms with E-state index in [4.69, 9.17) is 12.2 Å². The van der Waals surface area contributed by atoms with Crippen molar-refractivity contribution in [3.05, 3.63) is 96.6 Å². The Labute approximate surface area is 168 Å². The highest BCUT2D eigenvalue weighted by atomic mass is 32.1. The first-order valence-corrected chi connectivity index (χ1v) is 9.02. The molecule has 0 aromatic heterocycles. The molecule has 3 aromatic rings. The molecular formula is C22H18N4OS. The molecule has 3 rings (SSSR count). The summed E-state index contributed by atoms with van der Waals surface area (Å²) >= 11 is 5.17. The number of hydrogen-bond donors (Lipinski definition) is 2. The number of thiocarbonyl (C=S) groups is 1. The standard InChI is InChI=1S/C22H18N4OS/c27-21(16-11-17-7-3-1-4-8-17)24-22(28)23-18-12-14-20(15-13-18)26-25-19-9-5-2-6-10-19/h1-16H,(H2,23,24,27,28). The van der Waals surface area contributed by atoms with E-state index in [1.165, 1.54) is 6.08 Å². The van der Waals surface area contributed by atoms with E-state index in [2.05, 4.69) is 20.9 Å². The van der Waals surface area contributed by atoms with Crippen LogP contribution in [0.15, 0.2) is 101 Å². The molecule has 0 fully saturated rings. The number of carbonyl (C=O) groups is 1. The largest absolute Gasteiger partial charge is 0.332 e. The summed E-state index contributed by atoms with van der Waals surface area (Å²) < 4.78 is 0. The number of amides is 1. The predicted molar refractivity (Wildman–Crippen MR) is 117 cm³/mol. The first kappa shape index (κ1) is 19.1. The predicted octanol–water partition coefficient (Wildman–Crippen LogP) is 5.63. The molecular weight excluding hydrogens is 368 g/mol. The summed E-state index contributed by atoms with van der Waals surface area (Å²) in [6, 6.07) is 26.3. The van der Waals surface area contributed by atoms with E-state index in [1.54, 1.807) is 6.08 Å². The first-order chi connectivity index (χ1) is 13.7. The van der Waals surface area contributed by atoms with Crippen LogP contribution in [0.3, 0.4) is 0 Å². The van der Waals surface area contributed by atoms with Crippen LogP contribution in [-0.2, 0) is 4.79 Å². The zero-order valence-corrected chi connectivity index (χ0v) is 15.8. The molecule has 0 spiro atoms. The van der Waals surface area contributed by atoms with Crippen LogP contribution in [0.5, 0.6) is 0 Å². The summed E-state index contributed by atoms with van der Waals surface area (Å²) in [5, 5.41) is 14.2. The van der Waals surface area contributed by atoms with Crippen molar-refractivity contribution >= 4 is 46.4 Å². The maximum absolute atomic E-state index is 11.9. The lowest BCUT2D eigenvalue weighted by molar-refractivity contribution is -0.115. The van der Waals surface area contributed by atoms with Crippen LogP contribution >= 0.6 is 12.2 Å². The molecule has 138 valence electrons. The zero-order valence-electron chi connectivity index (χ0n) is 14.9. The van der Waals surface area contributed by atoms with E-state index in [9.17, 15) is 4.79 Å². The fraction of sp³-hybridized carbons (Fsp3) is 0. The third-order valence-electron chi connectivity index (χ3n) is 3.63. The highest BCUT2D eigenvalue weighted by Crippen LogP contribution is 2.19. The molecule has 2 N–H and O–H groups in total. The molecule has 28 heavy (non-hydrogen) atoms. The van der Waals surface area contributed by atoms with E-state index in [0.29, 0.717) is 0 Å². The Morgan fingerprint density at radius 2 is 1.36 bits per heavy atom. The molecule has 0 saturated heterocycles. The molecule has 0 radical (unpaired) electrons. The molecule has 0 unspecified atom stereocenters. The van der Waals surface area contributed by atoms with Gasteiger partial charge in [-0.25, -0.2) is 0 Å². The maximum Gasteiger partial charge on any atom is 0.250 e. The van der Waals surface area contributed by atoms with Gasteiger partial charge in [0.1, 0.15) is 0 Å². The van der Waals surface area contributed by atoms with Crippen molar-refractivity contribution in [2.75, 3.05) is 5.32 Å². The Morgan fingerprint density at radius 3 is 2.00 bits per heavy atom. The van der Waals surface area contributed by atoms with Gasteiger partial charge >= 0.3 is 0 Å². The number of carbonyl (C=O) groups excluding carboxylic acids is 1. The van der Waals surface area contributed by atoms with E-state index < -0.39 is 0 Å². The van der Waals surface area contributed by atoms with Gasteiger partial charge < -0.3 is 5.32 Å². The van der Waals surface area contributed by atoms with E-state index >= 15 is 0 Å². The van der Waals surface area contributed by atoms with Crippen molar-refractivity contribution in [1.29, 1.82) is 0 Å². The van der Waals surface area contributed by atoms with Gasteiger partial charge in [0.25, 0.3) is 0 Å². The van der Waals surface area contributed by atoms with Crippen LogP contribution in [0.25, 0.3) is 6.08 Å². The number of nitrogens with one attached hydrogen (secondary N) is 2. The van der Waals surface area contributed by atoms with E-state index in [0.717, 1.165) is 22.6 Å². The van der Waals surface area contributed by atoms with Gasteiger partial charge in [-0.15, -0.1) is 0 Å². The fourth-order valence-electron chi connectivity index (χ4n) is 2.27. The Hall–Kier alpha value is -3.64. The van der Waals surface area contributed by atoms with Crippen molar-refractivity contribution in [3.8, 4) is 0 Å². The lowest BCUT2D eigenvalue weighted by Gasteiger charge is -2.08. The van der Waals surface area contributed by atoms with Crippen molar-refractivity contribution in [2.24, 2.45) is 10.2 Å². The highest BCUT2D eigenvalue weighted by molar-refractivity contribution is 7.80. The minimum absolute atomic E-state index is 0.223. The van der Waals surface area contributed by atoms with Gasteiger partial charge in [-0.2, -0.15) is 10.2 Å². The molecule has 0 aliphatic heterocycles. The molecule has 0 bridgehead atoms. The summed E-state index contributed by atoms with van der Waals surface area (Å²) in [6.07, 6.45) is 3.17. The van der Waals surface area contributed by atoms with Crippen LogP contribution < -0.4 is 10.6 Å². The van der Waals surface area contributed by atoms with Crippen LogP contribution in [0.4, 0.5) is 17.1 Å². The third kappa shape index (κ3) is 6.26. The second-order valence-electron chi connectivity index (χ2n) is 5.77. The Balaban J connectivity index is 1.50. The van der Waals surface area contributed by atoms with Gasteiger partial charge in [-0.05, 0) is 60.3 Å². The molecule has 0 saturated carbocycles. The minimum atomic E-state index is -0.297. The van der Waals surface area contributed by atoms with Gasteiger partial charge in [-0.3, -0.25) is 10.1 Å². The fourth-order valence-corrected chi connectivity index (χ4v) is 2.49. The molecule has 1 amide bonds. The Kier molecular flexibility index (Phi) is 6.76. The second kappa shape index (κ2) is 9.89. The second-order valence-corrected chi connectivity index (χ2v) is 6.18. The molecule has 6 heteroatoms. The average Bonchev–Trinajstić information content (AvgIpc) is 2.73. The smallest absolute Gasteiger partial charge is 0.250 e. The average molecular weight is 386 g/mol. The molecule has 0 atom stereocenters. The molecule has 0 heterocycles. The van der Waals surface area contributed by atoms with Crippen LogP contribution in [0, 0.1) is 0 Å². The lowest BCUT2D eigenvalue weighted by Crippen LogP contribution is -2.32. The van der Waals surface area contributed by atoms with Crippen molar-refractivity contribution in [2.45, 2.75) is 0 Å². The zero-order chi connectivity index (χ0) is 19.6. The molecule has 5 nitrogen and oxygen atoms in total. The van der Waals surface area contributed by atoms with Crippen molar-refractivity contribution in [3.63, 3.8) is 0 Å². The van der Waals surface area contributed by atoms with Crippen LogP contribution in [0.1, 0.15) is 5.56 Å². The maximum atomic E-state index is 11.9. The molecule has 0 aliphatic carbocycles. The number of rotatable bonds is 5. The highest BCUT2D eigenvalue weighted by Gasteiger charge is 2.02. The first-order valence-electron chi connectivity index (χ1n) is 8.61. The number of hydrogen-bond acceptors (Lipinski definition) is 4. The molecule has 0 aliphatic rings. The van der Waals surface area contributed by atoms with E-state index in [1.807, 2.05) is 84.9 Å². The van der Waals surface area contributed by atoms with Gasteiger partial charge in [0, 0.05) is 11.8 Å². The quantitative estimate of drug-likeness (QED) is 0.339. The topological polar surface area (TPSA) is 65.8 Å². The summed E-state index contributed by atoms with van der Waals surface area (Å²) in [5.74, 6) is -0.297. The normalized spacial score (nSPS) is 10.9. The summed E-state index contributed by atoms with van der Waals surface area (Å²) in [6.45, 7) is 0. The number of anilines is 1. The van der Waals surface area contributed by atoms with Crippen LogP contribution in [-0.4, -0.2) is 11.0 Å².